The normalized spacial score (nSPS) is 11.3. The molecule has 0 N–H and O–H groups in total. The van der Waals surface area contributed by atoms with Gasteiger partial charge >= 0.3 is 0 Å². The largest absolute Gasteiger partial charge is 0.493 e. The van der Waals surface area contributed by atoms with Crippen LogP contribution in [0.3, 0.4) is 0 Å². The lowest BCUT2D eigenvalue weighted by atomic mass is 10.0. The Hall–Kier alpha value is -1.50. The fourth-order valence-corrected chi connectivity index (χ4v) is 2.53. The molecule has 20 heavy (non-hydrogen) atoms. The van der Waals surface area contributed by atoms with Gasteiger partial charge < -0.3 is 4.74 Å². The van der Waals surface area contributed by atoms with E-state index >= 15 is 0 Å². The molecule has 0 fully saturated rings. The van der Waals surface area contributed by atoms with E-state index in [9.17, 15) is 0 Å². The van der Waals surface area contributed by atoms with Crippen molar-refractivity contribution in [3.05, 3.63) is 41.0 Å². The lowest BCUT2D eigenvalue weighted by Crippen LogP contribution is -1.96. The second-order valence-corrected chi connectivity index (χ2v) is 5.98. The summed E-state index contributed by atoms with van der Waals surface area (Å²) in [6.07, 6.45) is 2.29. The summed E-state index contributed by atoms with van der Waals surface area (Å²) < 4.78 is 5.95. The van der Waals surface area contributed by atoms with Crippen molar-refractivity contribution in [2.45, 2.75) is 53.4 Å². The van der Waals surface area contributed by atoms with Crippen LogP contribution in [0, 0.1) is 13.8 Å². The van der Waals surface area contributed by atoms with E-state index in [1.54, 1.807) is 0 Å². The summed E-state index contributed by atoms with van der Waals surface area (Å²) >= 11 is 0. The minimum atomic E-state index is 0.545. The Bertz CT molecular complexity index is 554. The van der Waals surface area contributed by atoms with Gasteiger partial charge in [0.15, 0.2) is 0 Å². The number of ether oxygens (including phenoxy) is 1. The number of fused-ring (bicyclic) bond motifs is 1. The quantitative estimate of drug-likeness (QED) is 0.632. The second-order valence-electron chi connectivity index (χ2n) is 5.98. The van der Waals surface area contributed by atoms with E-state index in [-0.39, 0.29) is 0 Å². The third-order valence-electron chi connectivity index (χ3n) is 4.02. The number of rotatable bonds is 5. The van der Waals surface area contributed by atoms with Crippen molar-refractivity contribution >= 4 is 0 Å². The summed E-state index contributed by atoms with van der Waals surface area (Å²) in [5.41, 5.74) is 6.64. The fraction of sp³-hybridized carbons (Fsp3) is 0.474. The van der Waals surface area contributed by atoms with Crippen LogP contribution in [0.1, 0.15) is 56.2 Å². The van der Waals surface area contributed by atoms with Crippen molar-refractivity contribution in [1.29, 1.82) is 0 Å². The summed E-state index contributed by atoms with van der Waals surface area (Å²) in [6.45, 7) is 11.8. The maximum absolute atomic E-state index is 5.95. The molecule has 0 heterocycles. The molecule has 0 saturated carbocycles. The molecule has 0 amide bonds. The molecule has 1 heteroatoms. The minimum absolute atomic E-state index is 0.545. The third-order valence-corrected chi connectivity index (χ3v) is 4.02. The predicted molar refractivity (Wildman–Crippen MR) is 87.0 cm³/mol. The number of aryl methyl sites for hydroxylation is 1. The highest BCUT2D eigenvalue weighted by molar-refractivity contribution is 5.78. The third kappa shape index (κ3) is 2.98. The first-order chi connectivity index (χ1) is 9.54. The Morgan fingerprint density at radius 3 is 2.45 bits per heavy atom. The summed E-state index contributed by atoms with van der Waals surface area (Å²) in [5, 5.41) is 0. The zero-order valence-electron chi connectivity index (χ0n) is 13.4. The van der Waals surface area contributed by atoms with Crippen LogP contribution in [0.2, 0.25) is 0 Å². The van der Waals surface area contributed by atoms with Gasteiger partial charge in [-0.05, 0) is 60.1 Å². The van der Waals surface area contributed by atoms with Crippen molar-refractivity contribution in [3.8, 4) is 16.9 Å². The summed E-state index contributed by atoms with van der Waals surface area (Å²) in [6, 6.07) is 9.01. The highest BCUT2D eigenvalue weighted by Gasteiger charge is 2.16. The van der Waals surface area contributed by atoms with Crippen LogP contribution in [-0.4, -0.2) is 6.61 Å². The predicted octanol–water partition coefficient (Wildman–Crippen LogP) is 5.71. The van der Waals surface area contributed by atoms with Crippen molar-refractivity contribution in [2.24, 2.45) is 0 Å². The Balaban J connectivity index is 2.46. The van der Waals surface area contributed by atoms with Gasteiger partial charge in [-0.25, -0.2) is 0 Å². The molecule has 0 aromatic rings. The van der Waals surface area contributed by atoms with Gasteiger partial charge in [0.1, 0.15) is 5.75 Å². The molecule has 2 aliphatic rings. The summed E-state index contributed by atoms with van der Waals surface area (Å²) in [7, 11) is 0. The second kappa shape index (κ2) is 6.30. The average molecular weight is 270 g/mol. The van der Waals surface area contributed by atoms with Crippen molar-refractivity contribution in [2.75, 3.05) is 6.61 Å². The summed E-state index contributed by atoms with van der Waals surface area (Å²) in [5.74, 6) is 1.60. The maximum atomic E-state index is 5.95. The van der Waals surface area contributed by atoms with Gasteiger partial charge in [-0.3, -0.25) is 0 Å². The Morgan fingerprint density at radius 2 is 1.80 bits per heavy atom. The van der Waals surface area contributed by atoms with E-state index in [4.69, 9.17) is 4.74 Å². The first-order valence-corrected chi connectivity index (χ1v) is 7.71. The molecule has 2 rings (SSSR count). The van der Waals surface area contributed by atoms with E-state index in [2.05, 4.69) is 58.9 Å². The van der Waals surface area contributed by atoms with E-state index < -0.39 is 0 Å². The lowest BCUT2D eigenvalue weighted by molar-refractivity contribution is 0.308. The Kier molecular flexibility index (Phi) is 4.69. The molecule has 0 bridgehead atoms. The van der Waals surface area contributed by atoms with Gasteiger partial charge in [-0.15, -0.1) is 0 Å². The van der Waals surface area contributed by atoms with Crippen LogP contribution in [0.25, 0.3) is 11.1 Å². The molecule has 0 aliphatic heterocycles. The van der Waals surface area contributed by atoms with Gasteiger partial charge in [0.05, 0.1) is 6.61 Å². The van der Waals surface area contributed by atoms with E-state index in [1.807, 2.05) is 0 Å². The monoisotopic (exact) mass is 270 g/mol. The molecule has 0 aromatic carbocycles. The van der Waals surface area contributed by atoms with E-state index in [0.717, 1.165) is 18.8 Å². The van der Waals surface area contributed by atoms with Crippen molar-refractivity contribution in [1.82, 2.24) is 0 Å². The van der Waals surface area contributed by atoms with E-state index in [0.29, 0.717) is 5.92 Å². The first-order valence-electron chi connectivity index (χ1n) is 7.71. The van der Waals surface area contributed by atoms with Crippen LogP contribution in [-0.2, 0) is 0 Å². The molecule has 2 aliphatic carbocycles. The number of unbranched alkanes of at least 4 members (excludes halogenated alkanes) is 1. The Labute approximate surface area is 123 Å². The van der Waals surface area contributed by atoms with Gasteiger partial charge in [-0.2, -0.15) is 0 Å². The fourth-order valence-electron chi connectivity index (χ4n) is 2.53. The highest BCUT2D eigenvalue weighted by Crippen LogP contribution is 2.39. The van der Waals surface area contributed by atoms with Gasteiger partial charge in [0.2, 0.25) is 0 Å². The van der Waals surface area contributed by atoms with Crippen molar-refractivity contribution < 1.29 is 4.74 Å². The van der Waals surface area contributed by atoms with Gasteiger partial charge in [0, 0.05) is 0 Å². The zero-order valence-corrected chi connectivity index (χ0v) is 13.4. The molecular formula is C19H26O. The highest BCUT2D eigenvalue weighted by atomic mass is 16.5. The van der Waals surface area contributed by atoms with Gasteiger partial charge in [-0.1, -0.05) is 45.4 Å². The summed E-state index contributed by atoms with van der Waals surface area (Å²) in [4.78, 5) is 0. The van der Waals surface area contributed by atoms with Crippen LogP contribution in [0.15, 0.2) is 24.3 Å². The molecular weight excluding hydrogens is 244 g/mol. The smallest absolute Gasteiger partial charge is 0.123 e. The SMILES string of the molecule is CCCCOc1cc2c(C)ccc(C(C)C)cc-2c1C. The average Bonchev–Trinajstić information content (AvgIpc) is 2.61. The van der Waals surface area contributed by atoms with Crippen molar-refractivity contribution in [3.63, 3.8) is 0 Å². The first kappa shape index (κ1) is 14.9. The van der Waals surface area contributed by atoms with Gasteiger partial charge in [0.25, 0.3) is 0 Å². The standard InChI is InChI=1S/C19H26O/c1-6-7-10-20-19-12-17-14(4)8-9-16(13(2)3)11-18(17)15(19)5/h8-9,11-13H,6-7,10H2,1-5H3. The molecule has 0 unspecified atom stereocenters. The van der Waals surface area contributed by atoms with E-state index in [1.165, 1.54) is 34.2 Å². The van der Waals surface area contributed by atoms with Crippen LogP contribution in [0.5, 0.6) is 5.75 Å². The molecule has 108 valence electrons. The molecule has 0 atom stereocenters. The minimum Gasteiger partial charge on any atom is -0.493 e. The Morgan fingerprint density at radius 1 is 1.05 bits per heavy atom. The topological polar surface area (TPSA) is 9.23 Å². The number of hydrogen-bond donors (Lipinski definition) is 0. The van der Waals surface area contributed by atoms with Crippen LogP contribution in [0.4, 0.5) is 0 Å². The molecule has 0 radical (unpaired) electrons. The molecule has 1 nitrogen and oxygen atoms in total. The van der Waals surface area contributed by atoms with Crippen LogP contribution >= 0.6 is 0 Å². The number of hydrogen-bond acceptors (Lipinski definition) is 1. The zero-order chi connectivity index (χ0) is 14.7. The molecule has 0 aromatic heterocycles. The maximum Gasteiger partial charge on any atom is 0.123 e. The van der Waals surface area contributed by atoms with Crippen LogP contribution < -0.4 is 4.74 Å². The molecule has 0 spiro atoms. The lowest BCUT2D eigenvalue weighted by Gasteiger charge is -2.05. The molecule has 0 saturated heterocycles.